The number of carbonyl (C=O) groups excluding carboxylic acids is 1. The van der Waals surface area contributed by atoms with E-state index in [0.29, 0.717) is 31.1 Å². The van der Waals surface area contributed by atoms with Crippen molar-refractivity contribution in [3.63, 3.8) is 0 Å². The van der Waals surface area contributed by atoms with E-state index in [2.05, 4.69) is 21.2 Å². The summed E-state index contributed by atoms with van der Waals surface area (Å²) in [7, 11) is 1.92. The molecule has 0 radical (unpaired) electrons. The van der Waals surface area contributed by atoms with Gasteiger partial charge in [-0.2, -0.15) is 0 Å². The molecule has 2 rings (SSSR count). The Morgan fingerprint density at radius 3 is 2.61 bits per heavy atom. The molecular weight excluding hydrogens is 356 g/mol. The molecule has 0 fully saturated rings. The maximum Gasteiger partial charge on any atom is 0.238 e. The predicted octanol–water partition coefficient (Wildman–Crippen LogP) is 3.92. The summed E-state index contributed by atoms with van der Waals surface area (Å²) in [4.78, 5) is 14.2. The molecule has 2 aromatic carbocycles. The van der Waals surface area contributed by atoms with Crippen molar-refractivity contribution in [1.29, 1.82) is 0 Å². The van der Waals surface area contributed by atoms with Crippen LogP contribution in [0.25, 0.3) is 0 Å². The van der Waals surface area contributed by atoms with E-state index in [1.54, 1.807) is 0 Å². The topological polar surface area (TPSA) is 41.6 Å². The van der Waals surface area contributed by atoms with E-state index < -0.39 is 0 Å². The summed E-state index contributed by atoms with van der Waals surface area (Å²) < 4.78 is 6.57. The van der Waals surface area contributed by atoms with Crippen LogP contribution in [0.3, 0.4) is 0 Å². The van der Waals surface area contributed by atoms with E-state index in [9.17, 15) is 4.79 Å². The second-order valence-electron chi connectivity index (χ2n) is 5.24. The molecule has 0 aromatic heterocycles. The molecule has 23 heavy (non-hydrogen) atoms. The lowest BCUT2D eigenvalue weighted by Crippen LogP contribution is -2.30. The molecule has 0 saturated heterocycles. The summed E-state index contributed by atoms with van der Waals surface area (Å²) >= 11 is 3.53. The van der Waals surface area contributed by atoms with Crippen LogP contribution in [-0.2, 0) is 11.3 Å². The molecule has 4 nitrogen and oxygen atoms in total. The van der Waals surface area contributed by atoms with Crippen LogP contribution in [0.4, 0.5) is 5.69 Å². The Kier molecular flexibility index (Phi) is 6.62. The minimum atomic E-state index is -0.0632. The number of nitrogens with one attached hydrogen (secondary N) is 1. The first-order valence-electron chi connectivity index (χ1n) is 7.53. The lowest BCUT2D eigenvalue weighted by molar-refractivity contribution is -0.117. The summed E-state index contributed by atoms with van der Waals surface area (Å²) in [5, 5.41) is 2.91. The lowest BCUT2D eigenvalue weighted by Gasteiger charge is -2.18. The third kappa shape index (κ3) is 5.37. The molecule has 0 aliphatic rings. The summed E-state index contributed by atoms with van der Waals surface area (Å²) in [5.41, 5.74) is 1.85. The number of amides is 1. The van der Waals surface area contributed by atoms with Gasteiger partial charge in [0, 0.05) is 11.0 Å². The molecule has 1 amide bonds. The first kappa shape index (κ1) is 17.5. The van der Waals surface area contributed by atoms with E-state index in [0.717, 1.165) is 10.0 Å². The molecule has 0 aliphatic heterocycles. The number of carbonyl (C=O) groups is 1. The molecule has 0 spiro atoms. The number of nitrogens with zero attached hydrogens (tertiary/aromatic N) is 1. The van der Waals surface area contributed by atoms with Gasteiger partial charge in [0.05, 0.1) is 18.8 Å². The van der Waals surface area contributed by atoms with Gasteiger partial charge in [-0.15, -0.1) is 0 Å². The highest BCUT2D eigenvalue weighted by molar-refractivity contribution is 9.10. The van der Waals surface area contributed by atoms with Crippen molar-refractivity contribution in [2.75, 3.05) is 25.5 Å². The van der Waals surface area contributed by atoms with Crippen molar-refractivity contribution in [3.05, 3.63) is 58.6 Å². The van der Waals surface area contributed by atoms with Crippen molar-refractivity contribution in [2.24, 2.45) is 0 Å². The largest absolute Gasteiger partial charge is 0.492 e. The summed E-state index contributed by atoms with van der Waals surface area (Å²) in [6.07, 6.45) is 0. The molecule has 122 valence electrons. The fourth-order valence-corrected chi connectivity index (χ4v) is 2.67. The van der Waals surface area contributed by atoms with Gasteiger partial charge < -0.3 is 10.1 Å². The smallest absolute Gasteiger partial charge is 0.238 e. The first-order valence-corrected chi connectivity index (χ1v) is 8.33. The zero-order valence-electron chi connectivity index (χ0n) is 13.4. The van der Waals surface area contributed by atoms with Gasteiger partial charge in [0.15, 0.2) is 0 Å². The standard InChI is InChI=1S/C18H21BrN2O2/c1-3-23-17-11-7-6-10-16(17)20-18(22)13-21(2)12-14-8-4-5-9-15(14)19/h4-11H,3,12-13H2,1-2H3,(H,20,22). The van der Waals surface area contributed by atoms with Crippen LogP contribution in [-0.4, -0.2) is 31.0 Å². The van der Waals surface area contributed by atoms with Crippen LogP contribution in [0, 0.1) is 0 Å². The SMILES string of the molecule is CCOc1ccccc1NC(=O)CN(C)Cc1ccccc1Br. The summed E-state index contributed by atoms with van der Waals surface area (Å²) in [5.74, 6) is 0.628. The molecule has 0 atom stereocenters. The van der Waals surface area contributed by atoms with E-state index >= 15 is 0 Å². The van der Waals surface area contributed by atoms with Crippen LogP contribution in [0.15, 0.2) is 53.0 Å². The van der Waals surface area contributed by atoms with Gasteiger partial charge in [-0.1, -0.05) is 46.3 Å². The van der Waals surface area contributed by atoms with Crippen LogP contribution in [0.2, 0.25) is 0 Å². The highest BCUT2D eigenvalue weighted by Gasteiger charge is 2.11. The molecule has 0 bridgehead atoms. The molecule has 0 saturated carbocycles. The predicted molar refractivity (Wildman–Crippen MR) is 96.7 cm³/mol. The highest BCUT2D eigenvalue weighted by atomic mass is 79.9. The summed E-state index contributed by atoms with van der Waals surface area (Å²) in [6, 6.07) is 15.5. The van der Waals surface area contributed by atoms with Crippen molar-refractivity contribution in [1.82, 2.24) is 4.90 Å². The van der Waals surface area contributed by atoms with Crippen LogP contribution in [0.5, 0.6) is 5.75 Å². The maximum absolute atomic E-state index is 12.2. The fourth-order valence-electron chi connectivity index (χ4n) is 2.26. The number of anilines is 1. The van der Waals surface area contributed by atoms with E-state index in [1.165, 1.54) is 0 Å². The third-order valence-corrected chi connectivity index (χ3v) is 4.05. The number of rotatable bonds is 7. The van der Waals surface area contributed by atoms with Crippen LogP contribution >= 0.6 is 15.9 Å². The number of ether oxygens (including phenoxy) is 1. The van der Waals surface area contributed by atoms with Crippen molar-refractivity contribution < 1.29 is 9.53 Å². The number of benzene rings is 2. The van der Waals surface area contributed by atoms with Gasteiger partial charge in [-0.25, -0.2) is 0 Å². The lowest BCUT2D eigenvalue weighted by atomic mass is 10.2. The van der Waals surface area contributed by atoms with Gasteiger partial charge in [0.2, 0.25) is 5.91 Å². The van der Waals surface area contributed by atoms with E-state index in [1.807, 2.05) is 67.4 Å². The average molecular weight is 377 g/mol. The monoisotopic (exact) mass is 376 g/mol. The minimum absolute atomic E-state index is 0.0632. The fraction of sp³-hybridized carbons (Fsp3) is 0.278. The van der Waals surface area contributed by atoms with Crippen molar-refractivity contribution in [2.45, 2.75) is 13.5 Å². The minimum Gasteiger partial charge on any atom is -0.492 e. The Bertz CT molecular complexity index is 661. The molecular formula is C18H21BrN2O2. The van der Waals surface area contributed by atoms with Crippen LogP contribution in [0.1, 0.15) is 12.5 Å². The second kappa shape index (κ2) is 8.70. The maximum atomic E-state index is 12.2. The van der Waals surface area contributed by atoms with Crippen molar-refractivity contribution >= 4 is 27.5 Å². The summed E-state index contributed by atoms with van der Waals surface area (Å²) in [6.45, 7) is 3.49. The Labute approximate surface area is 145 Å². The number of likely N-dealkylation sites (N-methyl/N-ethyl adjacent to an activating group) is 1. The third-order valence-electron chi connectivity index (χ3n) is 3.27. The number of hydrogen-bond acceptors (Lipinski definition) is 3. The Hall–Kier alpha value is -1.85. The average Bonchev–Trinajstić information content (AvgIpc) is 2.51. The molecule has 0 unspecified atom stereocenters. The van der Waals surface area contributed by atoms with Gasteiger partial charge in [-0.05, 0) is 37.7 Å². The van der Waals surface area contributed by atoms with Crippen LogP contribution < -0.4 is 10.1 Å². The quantitative estimate of drug-likeness (QED) is 0.795. The zero-order chi connectivity index (χ0) is 16.7. The zero-order valence-corrected chi connectivity index (χ0v) is 15.0. The first-order chi connectivity index (χ1) is 11.1. The molecule has 0 aliphatic carbocycles. The Balaban J connectivity index is 1.93. The Morgan fingerprint density at radius 1 is 1.17 bits per heavy atom. The number of hydrogen-bond donors (Lipinski definition) is 1. The van der Waals surface area contributed by atoms with E-state index in [-0.39, 0.29) is 5.91 Å². The number of halogens is 1. The van der Waals surface area contributed by atoms with E-state index in [4.69, 9.17) is 4.74 Å². The van der Waals surface area contributed by atoms with Gasteiger partial charge in [-0.3, -0.25) is 9.69 Å². The second-order valence-corrected chi connectivity index (χ2v) is 6.10. The molecule has 0 heterocycles. The van der Waals surface area contributed by atoms with Crippen molar-refractivity contribution in [3.8, 4) is 5.75 Å². The van der Waals surface area contributed by atoms with Gasteiger partial charge in [0.1, 0.15) is 5.75 Å². The Morgan fingerprint density at radius 2 is 1.87 bits per heavy atom. The molecule has 2 aromatic rings. The van der Waals surface area contributed by atoms with Gasteiger partial charge in [0.25, 0.3) is 0 Å². The van der Waals surface area contributed by atoms with Gasteiger partial charge >= 0.3 is 0 Å². The normalized spacial score (nSPS) is 10.6. The number of para-hydroxylation sites is 2. The molecule has 1 N–H and O–H groups in total. The molecule has 5 heteroatoms. The highest BCUT2D eigenvalue weighted by Crippen LogP contribution is 2.23.